The highest BCUT2D eigenvalue weighted by atomic mass is 19.4. The number of alkyl halides is 3. The van der Waals surface area contributed by atoms with Gasteiger partial charge < -0.3 is 14.8 Å². The number of carbonyl (C=O) groups excluding carboxylic acids is 2. The third-order valence-corrected chi connectivity index (χ3v) is 4.90. The summed E-state index contributed by atoms with van der Waals surface area (Å²) in [4.78, 5) is 28.1. The summed E-state index contributed by atoms with van der Waals surface area (Å²) in [6.45, 7) is 0.166. The average molecular weight is 491 g/mol. The Morgan fingerprint density at radius 2 is 1.69 bits per heavy atom. The maximum atomic E-state index is 12.5. The van der Waals surface area contributed by atoms with Crippen molar-refractivity contribution in [1.82, 2.24) is 15.8 Å². The molecule has 11 heteroatoms. The van der Waals surface area contributed by atoms with Gasteiger partial charge in [0.1, 0.15) is 17.2 Å². The lowest BCUT2D eigenvalue weighted by molar-refractivity contribution is -0.139. The predicted molar refractivity (Wildman–Crippen MR) is 121 cm³/mol. The Balaban J connectivity index is 1.48. The van der Waals surface area contributed by atoms with Crippen molar-refractivity contribution in [3.05, 3.63) is 65.9 Å². The Labute approximate surface area is 199 Å². The van der Waals surface area contributed by atoms with Gasteiger partial charge in [-0.25, -0.2) is 10.5 Å². The summed E-state index contributed by atoms with van der Waals surface area (Å²) in [6.07, 6.45) is -4.20. The summed E-state index contributed by atoms with van der Waals surface area (Å²) in [7, 11) is 0. The molecule has 0 bridgehead atoms. The van der Waals surface area contributed by atoms with Gasteiger partial charge in [0.25, 0.3) is 11.8 Å². The highest BCUT2D eigenvalue weighted by Crippen LogP contribution is 2.27. The number of hydrogen-bond acceptors (Lipinski definition) is 6. The van der Waals surface area contributed by atoms with Crippen LogP contribution in [0.1, 0.15) is 40.1 Å². The van der Waals surface area contributed by atoms with Gasteiger partial charge in [0.2, 0.25) is 0 Å². The number of aromatic nitrogens is 1. The molecule has 0 spiro atoms. The molecule has 35 heavy (non-hydrogen) atoms. The number of amides is 2. The fourth-order valence-corrected chi connectivity index (χ4v) is 3.13. The highest BCUT2D eigenvalue weighted by molar-refractivity contribution is 5.97. The zero-order chi connectivity index (χ0) is 25.3. The van der Waals surface area contributed by atoms with E-state index in [1.54, 1.807) is 41.9 Å². The molecular formula is C24H24F3N3O5. The van der Waals surface area contributed by atoms with Crippen molar-refractivity contribution < 1.29 is 37.4 Å². The Kier molecular flexibility index (Phi) is 8.85. The molecule has 186 valence electrons. The number of hydrogen-bond donors (Lipinski definition) is 3. The minimum Gasteiger partial charge on any atom is -0.494 e. The summed E-state index contributed by atoms with van der Waals surface area (Å²) in [5.74, 6) is -0.355. The van der Waals surface area contributed by atoms with Crippen molar-refractivity contribution in [2.75, 3.05) is 19.8 Å². The lowest BCUT2D eigenvalue weighted by Gasteiger charge is -2.12. The number of nitrogens with zero attached hydrogens (tertiary/aromatic N) is 1. The second-order valence-electron chi connectivity index (χ2n) is 7.51. The summed E-state index contributed by atoms with van der Waals surface area (Å²) >= 11 is 0. The monoisotopic (exact) mass is 491 g/mol. The lowest BCUT2D eigenvalue weighted by Crippen LogP contribution is -2.25. The number of nitrogens with one attached hydrogen (secondary N) is 2. The summed E-state index contributed by atoms with van der Waals surface area (Å²) < 4.78 is 48.3. The Morgan fingerprint density at radius 1 is 0.943 bits per heavy atom. The van der Waals surface area contributed by atoms with Crippen LogP contribution in [-0.2, 0) is 0 Å². The van der Waals surface area contributed by atoms with Crippen LogP contribution in [-0.4, -0.2) is 47.9 Å². The van der Waals surface area contributed by atoms with Gasteiger partial charge in [-0.3, -0.25) is 14.8 Å². The first-order valence-electron chi connectivity index (χ1n) is 10.8. The van der Waals surface area contributed by atoms with E-state index in [1.165, 1.54) is 18.2 Å². The van der Waals surface area contributed by atoms with Crippen LogP contribution in [0.2, 0.25) is 0 Å². The number of carbonyl (C=O) groups is 2. The first-order chi connectivity index (χ1) is 16.8. The molecule has 1 aromatic heterocycles. The number of hydroxylamine groups is 1. The Bertz CT molecular complexity index is 1150. The van der Waals surface area contributed by atoms with Crippen molar-refractivity contribution in [3.8, 4) is 11.5 Å². The van der Waals surface area contributed by atoms with E-state index in [0.29, 0.717) is 48.2 Å². The number of benzene rings is 2. The largest absolute Gasteiger partial charge is 0.494 e. The number of rotatable bonds is 11. The zero-order valence-electron chi connectivity index (χ0n) is 18.6. The van der Waals surface area contributed by atoms with Gasteiger partial charge in [-0.1, -0.05) is 12.1 Å². The zero-order valence-corrected chi connectivity index (χ0v) is 18.6. The Hall–Kier alpha value is -3.86. The van der Waals surface area contributed by atoms with Crippen molar-refractivity contribution in [2.24, 2.45) is 0 Å². The van der Waals surface area contributed by atoms with Gasteiger partial charge in [0, 0.05) is 23.6 Å². The van der Waals surface area contributed by atoms with Gasteiger partial charge in [0.05, 0.1) is 25.2 Å². The fraction of sp³-hybridized carbons (Fsp3) is 0.292. The minimum atomic E-state index is -4.34. The van der Waals surface area contributed by atoms with E-state index in [1.807, 2.05) is 0 Å². The van der Waals surface area contributed by atoms with Crippen molar-refractivity contribution in [1.29, 1.82) is 0 Å². The molecule has 0 atom stereocenters. The number of para-hydroxylation sites is 1. The first-order valence-corrected chi connectivity index (χ1v) is 10.8. The molecule has 2 amide bonds. The van der Waals surface area contributed by atoms with Gasteiger partial charge >= 0.3 is 6.18 Å². The third kappa shape index (κ3) is 7.85. The van der Waals surface area contributed by atoms with Crippen LogP contribution in [0.3, 0.4) is 0 Å². The van der Waals surface area contributed by atoms with Crippen molar-refractivity contribution >= 4 is 22.7 Å². The molecule has 3 rings (SSSR count). The highest BCUT2D eigenvalue weighted by Gasteiger charge is 2.27. The minimum absolute atomic E-state index is 0.0500. The number of ether oxygens (including phenoxy) is 2. The summed E-state index contributed by atoms with van der Waals surface area (Å²) in [5, 5.41) is 11.9. The van der Waals surface area contributed by atoms with E-state index in [2.05, 4.69) is 10.3 Å². The number of unbranched alkanes of at least 4 members (excludes halogenated alkanes) is 1. The molecule has 2 aromatic carbocycles. The first kappa shape index (κ1) is 25.8. The lowest BCUT2D eigenvalue weighted by atomic mass is 10.1. The second-order valence-corrected chi connectivity index (χ2v) is 7.51. The molecule has 3 aromatic rings. The molecule has 1 heterocycles. The second kappa shape index (κ2) is 12.0. The smallest absolute Gasteiger partial charge is 0.392 e. The number of fused-ring (bicyclic) bond motifs is 1. The SMILES string of the molecule is O=C(NO)c1ccc(OCCCCNC(=O)c2cc(OCCC(F)(F)F)c3ccccc3n2)cc1. The predicted octanol–water partition coefficient (Wildman–Crippen LogP) is 4.27. The van der Waals surface area contributed by atoms with Crippen molar-refractivity contribution in [3.63, 3.8) is 0 Å². The van der Waals surface area contributed by atoms with Gasteiger partial charge in [-0.15, -0.1) is 0 Å². The normalized spacial score (nSPS) is 11.2. The van der Waals surface area contributed by atoms with Crippen LogP contribution < -0.4 is 20.3 Å². The third-order valence-electron chi connectivity index (χ3n) is 4.90. The van der Waals surface area contributed by atoms with E-state index < -0.39 is 31.0 Å². The molecule has 3 N–H and O–H groups in total. The maximum Gasteiger partial charge on any atom is 0.392 e. The quantitative estimate of drug-likeness (QED) is 0.210. The van der Waals surface area contributed by atoms with Gasteiger partial charge in [-0.05, 0) is 49.2 Å². The van der Waals surface area contributed by atoms with E-state index in [0.717, 1.165) is 0 Å². The molecule has 8 nitrogen and oxygen atoms in total. The molecule has 0 aliphatic carbocycles. The van der Waals surface area contributed by atoms with Gasteiger partial charge in [-0.2, -0.15) is 13.2 Å². The van der Waals surface area contributed by atoms with E-state index in [4.69, 9.17) is 14.7 Å². The van der Waals surface area contributed by atoms with Gasteiger partial charge in [0.15, 0.2) is 0 Å². The maximum absolute atomic E-state index is 12.5. The van der Waals surface area contributed by atoms with Crippen LogP contribution in [0.5, 0.6) is 11.5 Å². The summed E-state index contributed by atoms with van der Waals surface area (Å²) in [5.41, 5.74) is 2.33. The standard InChI is InChI=1S/C24H24F3N3O5/c25-24(26,27)11-14-35-21-15-20(29-19-6-2-1-5-18(19)21)23(32)28-12-3-4-13-34-17-9-7-16(8-10-17)22(31)30-33/h1-2,5-10,15,33H,3-4,11-14H2,(H,28,32)(H,30,31). The topological polar surface area (TPSA) is 110 Å². The molecule has 0 aliphatic rings. The van der Waals surface area contributed by atoms with E-state index in [-0.39, 0.29) is 11.4 Å². The van der Waals surface area contributed by atoms with Crippen LogP contribution in [0.15, 0.2) is 54.6 Å². The molecule has 0 aliphatic heterocycles. The summed E-state index contributed by atoms with van der Waals surface area (Å²) in [6, 6.07) is 14.3. The number of halogens is 3. The van der Waals surface area contributed by atoms with Crippen LogP contribution >= 0.6 is 0 Å². The molecule has 0 unspecified atom stereocenters. The van der Waals surface area contributed by atoms with E-state index >= 15 is 0 Å². The molecule has 0 fully saturated rings. The molecule has 0 saturated carbocycles. The van der Waals surface area contributed by atoms with Crippen LogP contribution in [0, 0.1) is 0 Å². The molecule has 0 radical (unpaired) electrons. The molecule has 0 saturated heterocycles. The fourth-order valence-electron chi connectivity index (χ4n) is 3.13. The average Bonchev–Trinajstić information content (AvgIpc) is 2.85. The van der Waals surface area contributed by atoms with Crippen LogP contribution in [0.4, 0.5) is 13.2 Å². The molecular weight excluding hydrogens is 467 g/mol. The van der Waals surface area contributed by atoms with Crippen molar-refractivity contribution in [2.45, 2.75) is 25.4 Å². The van der Waals surface area contributed by atoms with E-state index in [9.17, 15) is 22.8 Å². The Morgan fingerprint density at radius 3 is 2.40 bits per heavy atom. The number of pyridine rings is 1. The van der Waals surface area contributed by atoms with Crippen LogP contribution in [0.25, 0.3) is 10.9 Å².